The number of thiazole rings is 1. The molecular weight excluding hydrogens is 432 g/mol. The number of carbonyl (C=O) groups is 2. The minimum absolute atomic E-state index is 0.00640. The monoisotopic (exact) mass is 454 g/mol. The lowest BCUT2D eigenvalue weighted by atomic mass is 10.0. The predicted octanol–water partition coefficient (Wildman–Crippen LogP) is 5.41. The van der Waals surface area contributed by atoms with E-state index in [1.165, 1.54) is 16.9 Å². The second-order valence-corrected chi connectivity index (χ2v) is 8.74. The van der Waals surface area contributed by atoms with E-state index in [1.54, 1.807) is 12.1 Å². The van der Waals surface area contributed by atoms with E-state index < -0.39 is 0 Å². The maximum absolute atomic E-state index is 12.7. The summed E-state index contributed by atoms with van der Waals surface area (Å²) in [7, 11) is 0. The van der Waals surface area contributed by atoms with Gasteiger partial charge in [-0.1, -0.05) is 52.8 Å². The molecule has 1 fully saturated rings. The number of aromatic nitrogens is 1. The van der Waals surface area contributed by atoms with Crippen LogP contribution in [-0.2, 0) is 0 Å². The van der Waals surface area contributed by atoms with Gasteiger partial charge in [-0.05, 0) is 49.6 Å². The van der Waals surface area contributed by atoms with Crippen molar-refractivity contribution in [3.05, 3.63) is 64.2 Å². The molecule has 2 aromatic carbocycles. The Morgan fingerprint density at radius 1 is 1.19 bits per heavy atom. The quantitative estimate of drug-likeness (QED) is 0.553. The first-order chi connectivity index (χ1) is 15.0. The van der Waals surface area contributed by atoms with Crippen LogP contribution in [0.3, 0.4) is 0 Å². The van der Waals surface area contributed by atoms with Crippen molar-refractivity contribution >= 4 is 56.3 Å². The molecule has 2 N–H and O–H groups in total. The van der Waals surface area contributed by atoms with Crippen molar-refractivity contribution in [2.45, 2.75) is 19.8 Å². The number of para-hydroxylation sites is 1. The van der Waals surface area contributed by atoms with Crippen LogP contribution in [0.25, 0.3) is 16.3 Å². The first kappa shape index (κ1) is 21.3. The van der Waals surface area contributed by atoms with E-state index in [0.717, 1.165) is 28.6 Å². The molecular formula is C23H23ClN4O2S. The van der Waals surface area contributed by atoms with Gasteiger partial charge in [0.15, 0.2) is 5.13 Å². The average Bonchev–Trinajstić information content (AvgIpc) is 3.16. The molecule has 0 atom stereocenters. The number of likely N-dealkylation sites (tertiary alicyclic amines) is 1. The highest BCUT2D eigenvalue weighted by molar-refractivity contribution is 7.22. The van der Waals surface area contributed by atoms with Crippen LogP contribution < -0.4 is 10.6 Å². The first-order valence-corrected chi connectivity index (χ1v) is 11.4. The molecule has 8 heteroatoms. The zero-order chi connectivity index (χ0) is 21.8. The van der Waals surface area contributed by atoms with Crippen LogP contribution in [-0.4, -0.2) is 41.5 Å². The Balaban J connectivity index is 1.41. The van der Waals surface area contributed by atoms with Crippen LogP contribution in [0.2, 0.25) is 5.02 Å². The molecule has 0 aliphatic carbocycles. The summed E-state index contributed by atoms with van der Waals surface area (Å²) < 4.78 is 1.02. The van der Waals surface area contributed by atoms with E-state index >= 15 is 0 Å². The van der Waals surface area contributed by atoms with Crippen LogP contribution in [0.15, 0.2) is 48.0 Å². The van der Waals surface area contributed by atoms with Gasteiger partial charge in [0.25, 0.3) is 5.91 Å². The first-order valence-electron chi connectivity index (χ1n) is 10.2. The van der Waals surface area contributed by atoms with Gasteiger partial charge < -0.3 is 10.2 Å². The third-order valence-electron chi connectivity index (χ3n) is 5.14. The smallest absolute Gasteiger partial charge is 0.317 e. The van der Waals surface area contributed by atoms with Gasteiger partial charge in [-0.25, -0.2) is 9.78 Å². The highest BCUT2D eigenvalue weighted by Crippen LogP contribution is 2.27. The van der Waals surface area contributed by atoms with Gasteiger partial charge in [-0.2, -0.15) is 0 Å². The normalized spacial score (nSPS) is 13.9. The Morgan fingerprint density at radius 3 is 2.68 bits per heavy atom. The number of halogens is 1. The molecule has 3 aromatic rings. The lowest BCUT2D eigenvalue weighted by Gasteiger charge is -2.28. The van der Waals surface area contributed by atoms with E-state index in [2.05, 4.69) is 21.7 Å². The Labute approximate surface area is 189 Å². The number of nitrogens with zero attached hydrogens (tertiary/aromatic N) is 2. The largest absolute Gasteiger partial charge is 0.338 e. The summed E-state index contributed by atoms with van der Waals surface area (Å²) in [5.41, 5.74) is 3.48. The molecule has 2 heterocycles. The van der Waals surface area contributed by atoms with Crippen LogP contribution in [0.4, 0.5) is 9.93 Å². The minimum atomic E-state index is -0.279. The third-order valence-corrected chi connectivity index (χ3v) is 6.41. The molecule has 0 saturated carbocycles. The Bertz CT molecular complexity index is 1110. The fourth-order valence-corrected chi connectivity index (χ4v) is 4.67. The summed E-state index contributed by atoms with van der Waals surface area (Å²) in [6.07, 6.45) is 3.75. The second kappa shape index (κ2) is 9.49. The molecule has 0 spiro atoms. The number of benzene rings is 2. The zero-order valence-electron chi connectivity index (χ0n) is 17.2. The van der Waals surface area contributed by atoms with Crippen molar-refractivity contribution in [2.24, 2.45) is 0 Å². The maximum atomic E-state index is 12.7. The van der Waals surface area contributed by atoms with Crippen LogP contribution in [0, 0.1) is 0 Å². The van der Waals surface area contributed by atoms with Crippen molar-refractivity contribution in [3.63, 3.8) is 0 Å². The maximum Gasteiger partial charge on any atom is 0.317 e. The number of hydrogen-bond acceptors (Lipinski definition) is 4. The molecule has 3 amide bonds. The third kappa shape index (κ3) is 5.06. The molecule has 6 nitrogen and oxygen atoms in total. The topological polar surface area (TPSA) is 74.3 Å². The summed E-state index contributed by atoms with van der Waals surface area (Å²) >= 11 is 7.85. The molecule has 160 valence electrons. The van der Waals surface area contributed by atoms with Crippen LogP contribution >= 0.6 is 22.9 Å². The fraction of sp³-hybridized carbons (Fsp3) is 0.261. The molecule has 1 saturated heterocycles. The number of piperidine rings is 1. The standard InChI is InChI=1S/C23H23ClN4O2S/c1-2-25-23(30)28-11-9-15(10-12-28)13-16-7-8-17(18(24)14-16)21(29)27-22-26-19-5-3-4-6-20(19)31-22/h3-8,13-14H,2,9-12H2,1H3,(H,25,30)(H,26,27,29). The Hall–Kier alpha value is -2.90. The molecule has 1 aliphatic rings. The summed E-state index contributed by atoms with van der Waals surface area (Å²) in [6.45, 7) is 3.96. The average molecular weight is 455 g/mol. The van der Waals surface area contributed by atoms with Gasteiger partial charge in [-0.3, -0.25) is 10.1 Å². The summed E-state index contributed by atoms with van der Waals surface area (Å²) in [6, 6.07) is 13.2. The van der Waals surface area contributed by atoms with Gasteiger partial charge in [-0.15, -0.1) is 0 Å². The van der Waals surface area contributed by atoms with E-state index in [4.69, 9.17) is 11.6 Å². The number of rotatable bonds is 4. The van der Waals surface area contributed by atoms with Crippen molar-refractivity contribution in [3.8, 4) is 0 Å². The van der Waals surface area contributed by atoms with E-state index in [9.17, 15) is 9.59 Å². The number of anilines is 1. The van der Waals surface area contributed by atoms with Gasteiger partial charge in [0.1, 0.15) is 0 Å². The van der Waals surface area contributed by atoms with Crippen molar-refractivity contribution in [2.75, 3.05) is 25.0 Å². The molecule has 0 bridgehead atoms. The predicted molar refractivity (Wildman–Crippen MR) is 127 cm³/mol. The zero-order valence-corrected chi connectivity index (χ0v) is 18.7. The van der Waals surface area contributed by atoms with Gasteiger partial charge in [0.2, 0.25) is 0 Å². The Kier molecular flexibility index (Phi) is 6.53. The highest BCUT2D eigenvalue weighted by atomic mass is 35.5. The lowest BCUT2D eigenvalue weighted by Crippen LogP contribution is -2.43. The lowest BCUT2D eigenvalue weighted by molar-refractivity contribution is 0.102. The van der Waals surface area contributed by atoms with Crippen molar-refractivity contribution in [1.82, 2.24) is 15.2 Å². The van der Waals surface area contributed by atoms with E-state index in [1.807, 2.05) is 42.2 Å². The number of carbonyl (C=O) groups excluding carboxylic acids is 2. The highest BCUT2D eigenvalue weighted by Gasteiger charge is 2.18. The molecule has 1 aliphatic heterocycles. The molecule has 0 unspecified atom stereocenters. The molecule has 4 rings (SSSR count). The van der Waals surface area contributed by atoms with E-state index in [0.29, 0.717) is 35.4 Å². The SMILES string of the molecule is CCNC(=O)N1CCC(=Cc2ccc(C(=O)Nc3nc4ccccc4s3)c(Cl)c2)CC1. The van der Waals surface area contributed by atoms with Gasteiger partial charge in [0.05, 0.1) is 20.8 Å². The summed E-state index contributed by atoms with van der Waals surface area (Å²) in [5, 5.41) is 6.62. The van der Waals surface area contributed by atoms with Gasteiger partial charge in [0, 0.05) is 19.6 Å². The van der Waals surface area contributed by atoms with Crippen LogP contribution in [0.1, 0.15) is 35.7 Å². The molecule has 0 radical (unpaired) electrons. The fourth-order valence-electron chi connectivity index (χ4n) is 3.54. The number of fused-ring (bicyclic) bond motifs is 1. The van der Waals surface area contributed by atoms with Crippen molar-refractivity contribution in [1.29, 1.82) is 0 Å². The number of amides is 3. The molecule has 31 heavy (non-hydrogen) atoms. The Morgan fingerprint density at radius 2 is 1.97 bits per heavy atom. The van der Waals surface area contributed by atoms with Crippen molar-refractivity contribution < 1.29 is 9.59 Å². The number of hydrogen-bond donors (Lipinski definition) is 2. The minimum Gasteiger partial charge on any atom is -0.338 e. The molecule has 1 aromatic heterocycles. The summed E-state index contributed by atoms with van der Waals surface area (Å²) in [4.78, 5) is 30.9. The number of urea groups is 1. The second-order valence-electron chi connectivity index (χ2n) is 7.31. The van der Waals surface area contributed by atoms with Crippen LogP contribution in [0.5, 0.6) is 0 Å². The van der Waals surface area contributed by atoms with E-state index in [-0.39, 0.29) is 11.9 Å². The number of nitrogens with one attached hydrogen (secondary N) is 2. The van der Waals surface area contributed by atoms with Gasteiger partial charge >= 0.3 is 6.03 Å². The summed E-state index contributed by atoms with van der Waals surface area (Å²) in [5.74, 6) is -0.279.